The van der Waals surface area contributed by atoms with Crippen LogP contribution in [0.4, 0.5) is 5.82 Å². The average Bonchev–Trinajstić information content (AvgIpc) is 2.73. The molecule has 0 bridgehead atoms. The van der Waals surface area contributed by atoms with Gasteiger partial charge in [-0.2, -0.15) is 5.26 Å². The van der Waals surface area contributed by atoms with Crippen molar-refractivity contribution in [3.05, 3.63) is 53.7 Å². The molecule has 1 aromatic heterocycles. The number of nitriles is 1. The summed E-state index contributed by atoms with van der Waals surface area (Å²) in [5.41, 5.74) is 1.20. The molecule has 1 aromatic carbocycles. The molecule has 2 heterocycles. The summed E-state index contributed by atoms with van der Waals surface area (Å²) in [6.45, 7) is 4.98. The number of carbonyl (C=O) groups is 1. The van der Waals surface area contributed by atoms with Gasteiger partial charge in [-0.25, -0.2) is 4.98 Å². The molecule has 27 heavy (non-hydrogen) atoms. The van der Waals surface area contributed by atoms with E-state index in [0.717, 1.165) is 31.7 Å². The Labute approximate surface area is 159 Å². The minimum Gasteiger partial charge on any atom is -0.494 e. The molecule has 6 nitrogen and oxygen atoms in total. The fourth-order valence-electron chi connectivity index (χ4n) is 3.24. The van der Waals surface area contributed by atoms with Crippen molar-refractivity contribution in [2.45, 2.75) is 19.8 Å². The van der Waals surface area contributed by atoms with Crippen molar-refractivity contribution in [1.29, 1.82) is 5.26 Å². The highest BCUT2D eigenvalue weighted by Gasteiger charge is 2.21. The van der Waals surface area contributed by atoms with Crippen molar-refractivity contribution in [3.63, 3.8) is 0 Å². The summed E-state index contributed by atoms with van der Waals surface area (Å²) in [5.74, 6) is 2.02. The van der Waals surface area contributed by atoms with Gasteiger partial charge in [0.2, 0.25) is 0 Å². The number of pyridine rings is 1. The van der Waals surface area contributed by atoms with E-state index in [1.165, 1.54) is 0 Å². The van der Waals surface area contributed by atoms with E-state index >= 15 is 0 Å². The van der Waals surface area contributed by atoms with E-state index in [4.69, 9.17) is 10.00 Å². The number of aromatic nitrogens is 1. The largest absolute Gasteiger partial charge is 0.494 e. The quantitative estimate of drug-likeness (QED) is 0.852. The molecule has 0 radical (unpaired) electrons. The van der Waals surface area contributed by atoms with Gasteiger partial charge in [0.15, 0.2) is 0 Å². The lowest BCUT2D eigenvalue weighted by molar-refractivity contribution is 0.0944. The number of hydrogen-bond donors (Lipinski definition) is 1. The monoisotopic (exact) mass is 364 g/mol. The lowest BCUT2D eigenvalue weighted by Crippen LogP contribution is -2.39. The lowest BCUT2D eigenvalue weighted by Gasteiger charge is -2.32. The maximum atomic E-state index is 12.4. The van der Waals surface area contributed by atoms with Gasteiger partial charge >= 0.3 is 0 Å². The molecule has 6 heteroatoms. The summed E-state index contributed by atoms with van der Waals surface area (Å²) >= 11 is 0. The minimum absolute atomic E-state index is 0.0623. The Kier molecular flexibility index (Phi) is 6.26. The Morgan fingerprint density at radius 3 is 2.81 bits per heavy atom. The normalized spacial score (nSPS) is 14.4. The number of carbonyl (C=O) groups excluding carboxylic acids is 1. The molecule has 3 rings (SSSR count). The van der Waals surface area contributed by atoms with E-state index in [9.17, 15) is 4.79 Å². The number of nitrogens with zero attached hydrogens (tertiary/aromatic N) is 3. The van der Waals surface area contributed by atoms with Crippen molar-refractivity contribution in [2.75, 3.05) is 31.1 Å². The zero-order valence-corrected chi connectivity index (χ0v) is 15.5. The van der Waals surface area contributed by atoms with Crippen LogP contribution >= 0.6 is 0 Å². The fourth-order valence-corrected chi connectivity index (χ4v) is 3.24. The van der Waals surface area contributed by atoms with Crippen LogP contribution in [0.15, 0.2) is 42.6 Å². The molecule has 1 amide bonds. The van der Waals surface area contributed by atoms with Crippen LogP contribution < -0.4 is 15.0 Å². The van der Waals surface area contributed by atoms with Crippen molar-refractivity contribution < 1.29 is 9.53 Å². The van der Waals surface area contributed by atoms with Gasteiger partial charge in [0.25, 0.3) is 5.91 Å². The number of nitrogens with one attached hydrogen (secondary N) is 1. The molecule has 1 fully saturated rings. The maximum absolute atomic E-state index is 12.4. The SMILES string of the molecule is CCOc1cccc(C(=O)NCC2CCN(c3ccc(C#N)cn3)CC2)c1. The van der Waals surface area contributed by atoms with Gasteiger partial charge in [-0.05, 0) is 56.0 Å². The van der Waals surface area contributed by atoms with Gasteiger partial charge in [-0.3, -0.25) is 4.79 Å². The van der Waals surface area contributed by atoms with Crippen molar-refractivity contribution >= 4 is 11.7 Å². The van der Waals surface area contributed by atoms with Gasteiger partial charge in [0.1, 0.15) is 17.6 Å². The third-order valence-corrected chi connectivity index (χ3v) is 4.77. The van der Waals surface area contributed by atoms with Crippen LogP contribution in [0.2, 0.25) is 0 Å². The summed E-state index contributed by atoms with van der Waals surface area (Å²) in [4.78, 5) is 19.0. The topological polar surface area (TPSA) is 78.2 Å². The third-order valence-electron chi connectivity index (χ3n) is 4.77. The Bertz CT molecular complexity index is 806. The van der Waals surface area contributed by atoms with Crippen LogP contribution in [-0.4, -0.2) is 37.1 Å². The Hall–Kier alpha value is -3.07. The van der Waals surface area contributed by atoms with E-state index in [-0.39, 0.29) is 5.91 Å². The first kappa shape index (κ1) is 18.7. The number of rotatable bonds is 6. The number of ether oxygens (including phenoxy) is 1. The molecular formula is C21H24N4O2. The van der Waals surface area contributed by atoms with Crippen LogP contribution in [0.5, 0.6) is 5.75 Å². The number of hydrogen-bond acceptors (Lipinski definition) is 5. The molecule has 0 aliphatic carbocycles. The molecule has 0 unspecified atom stereocenters. The molecule has 1 N–H and O–H groups in total. The first-order chi connectivity index (χ1) is 13.2. The summed E-state index contributed by atoms with van der Waals surface area (Å²) in [5, 5.41) is 11.9. The highest BCUT2D eigenvalue weighted by molar-refractivity contribution is 5.94. The number of piperidine rings is 1. The highest BCUT2D eigenvalue weighted by atomic mass is 16.5. The summed E-state index contributed by atoms with van der Waals surface area (Å²) < 4.78 is 5.45. The number of anilines is 1. The fraction of sp³-hybridized carbons (Fsp3) is 0.381. The highest BCUT2D eigenvalue weighted by Crippen LogP contribution is 2.21. The zero-order chi connectivity index (χ0) is 19.1. The smallest absolute Gasteiger partial charge is 0.251 e. The Morgan fingerprint density at radius 2 is 2.15 bits per heavy atom. The van der Waals surface area contributed by atoms with E-state index in [0.29, 0.717) is 35.9 Å². The van der Waals surface area contributed by atoms with Gasteiger partial charge in [-0.15, -0.1) is 0 Å². The van der Waals surface area contributed by atoms with E-state index in [1.54, 1.807) is 24.4 Å². The van der Waals surface area contributed by atoms with Gasteiger partial charge < -0.3 is 15.0 Å². The van der Waals surface area contributed by atoms with Gasteiger partial charge in [0, 0.05) is 31.4 Å². The van der Waals surface area contributed by atoms with Crippen LogP contribution in [-0.2, 0) is 0 Å². The second-order valence-electron chi connectivity index (χ2n) is 6.62. The van der Waals surface area contributed by atoms with Crippen molar-refractivity contribution in [3.8, 4) is 11.8 Å². The average molecular weight is 364 g/mol. The third kappa shape index (κ3) is 4.98. The van der Waals surface area contributed by atoms with Crippen LogP contribution in [0.3, 0.4) is 0 Å². The second-order valence-corrected chi connectivity index (χ2v) is 6.62. The van der Waals surface area contributed by atoms with Gasteiger partial charge in [0.05, 0.1) is 12.2 Å². The standard InChI is InChI=1S/C21H24N4O2/c1-2-27-19-5-3-4-18(12-19)21(26)24-14-16-8-10-25(11-9-16)20-7-6-17(13-22)15-23-20/h3-7,12,15-16H,2,8-11,14H2,1H3,(H,24,26). The van der Waals surface area contributed by atoms with E-state index in [1.807, 2.05) is 25.1 Å². The molecule has 2 aromatic rings. The van der Waals surface area contributed by atoms with E-state index < -0.39 is 0 Å². The summed E-state index contributed by atoms with van der Waals surface area (Å²) in [6, 6.07) is 13.0. The number of benzene rings is 1. The predicted molar refractivity (Wildman–Crippen MR) is 104 cm³/mol. The Morgan fingerprint density at radius 1 is 1.33 bits per heavy atom. The number of amides is 1. The Balaban J connectivity index is 1.47. The molecule has 140 valence electrons. The van der Waals surface area contributed by atoms with Crippen LogP contribution in [0.25, 0.3) is 0 Å². The molecule has 1 aliphatic rings. The van der Waals surface area contributed by atoms with Crippen LogP contribution in [0.1, 0.15) is 35.7 Å². The molecule has 0 saturated carbocycles. The first-order valence-corrected chi connectivity index (χ1v) is 9.31. The van der Waals surface area contributed by atoms with Crippen LogP contribution in [0, 0.1) is 17.2 Å². The molecule has 1 saturated heterocycles. The summed E-state index contributed by atoms with van der Waals surface area (Å²) in [6.07, 6.45) is 3.61. The first-order valence-electron chi connectivity index (χ1n) is 9.31. The summed E-state index contributed by atoms with van der Waals surface area (Å²) in [7, 11) is 0. The zero-order valence-electron chi connectivity index (χ0n) is 15.5. The molecule has 0 atom stereocenters. The van der Waals surface area contributed by atoms with Crippen molar-refractivity contribution in [1.82, 2.24) is 10.3 Å². The molecule has 0 spiro atoms. The minimum atomic E-state index is -0.0623. The lowest BCUT2D eigenvalue weighted by atomic mass is 9.96. The molecular weight excluding hydrogens is 340 g/mol. The second kappa shape index (κ2) is 9.04. The maximum Gasteiger partial charge on any atom is 0.251 e. The predicted octanol–water partition coefficient (Wildman–Crippen LogP) is 3.00. The van der Waals surface area contributed by atoms with Crippen molar-refractivity contribution in [2.24, 2.45) is 5.92 Å². The van der Waals surface area contributed by atoms with Gasteiger partial charge in [-0.1, -0.05) is 6.07 Å². The van der Waals surface area contributed by atoms with E-state index in [2.05, 4.69) is 21.3 Å². The molecule has 1 aliphatic heterocycles.